The van der Waals surface area contributed by atoms with Gasteiger partial charge in [0.2, 0.25) is 5.91 Å². The van der Waals surface area contributed by atoms with Gasteiger partial charge in [-0.3, -0.25) is 4.79 Å². The standard InChI is InChI=1S/C20H23BrN2O3/c1-13(20(26)15-12-14(21)10-11-18(15)24)6-2-5-9-19(25)23-17-8-4-3-7-16(17)22/h3-5,7-13,20,24,26H,2,6,22H2,1H3,(H,23,25)/b9-5+/t13-,20-/m1/s1. The normalized spacial score (nSPS) is 13.5. The predicted molar refractivity (Wildman–Crippen MR) is 108 cm³/mol. The monoisotopic (exact) mass is 418 g/mol. The Labute approximate surface area is 161 Å². The molecule has 0 unspecified atom stereocenters. The van der Waals surface area contributed by atoms with Crippen LogP contribution in [-0.2, 0) is 4.79 Å². The van der Waals surface area contributed by atoms with Crippen LogP contribution in [-0.4, -0.2) is 16.1 Å². The zero-order valence-electron chi connectivity index (χ0n) is 14.5. The fraction of sp³-hybridized carbons (Fsp3) is 0.250. The number of amides is 1. The molecule has 2 atom stereocenters. The Bertz CT molecular complexity index is 792. The molecule has 0 radical (unpaired) electrons. The van der Waals surface area contributed by atoms with Crippen molar-refractivity contribution >= 4 is 33.2 Å². The van der Waals surface area contributed by atoms with Crippen molar-refractivity contribution in [3.63, 3.8) is 0 Å². The number of allylic oxidation sites excluding steroid dienone is 1. The summed E-state index contributed by atoms with van der Waals surface area (Å²) >= 11 is 3.34. The fourth-order valence-corrected chi connectivity index (χ4v) is 2.94. The average molecular weight is 419 g/mol. The lowest BCUT2D eigenvalue weighted by atomic mass is 9.93. The number of nitrogens with two attached hydrogens (primary N) is 1. The first-order chi connectivity index (χ1) is 12.4. The summed E-state index contributed by atoms with van der Waals surface area (Å²) in [4.78, 5) is 11.9. The molecule has 0 aromatic heterocycles. The van der Waals surface area contributed by atoms with Gasteiger partial charge in [0.1, 0.15) is 5.75 Å². The van der Waals surface area contributed by atoms with Gasteiger partial charge in [0.25, 0.3) is 0 Å². The molecule has 1 amide bonds. The van der Waals surface area contributed by atoms with Crippen LogP contribution in [0.3, 0.4) is 0 Å². The van der Waals surface area contributed by atoms with Crippen LogP contribution in [0.25, 0.3) is 0 Å². The molecule has 0 bridgehead atoms. The lowest BCUT2D eigenvalue weighted by molar-refractivity contribution is -0.111. The highest BCUT2D eigenvalue weighted by atomic mass is 79.9. The molecule has 2 aromatic rings. The molecule has 0 saturated heterocycles. The van der Waals surface area contributed by atoms with Crippen molar-refractivity contribution < 1.29 is 15.0 Å². The van der Waals surface area contributed by atoms with Gasteiger partial charge in [-0.2, -0.15) is 0 Å². The third kappa shape index (κ3) is 5.61. The summed E-state index contributed by atoms with van der Waals surface area (Å²) in [6.07, 6.45) is 3.74. The molecular formula is C20H23BrN2O3. The van der Waals surface area contributed by atoms with Crippen LogP contribution >= 0.6 is 15.9 Å². The number of phenols is 1. The smallest absolute Gasteiger partial charge is 0.248 e. The van der Waals surface area contributed by atoms with Crippen LogP contribution in [0.2, 0.25) is 0 Å². The second kappa shape index (κ2) is 9.40. The molecule has 5 N–H and O–H groups in total. The van der Waals surface area contributed by atoms with Crippen molar-refractivity contribution in [3.8, 4) is 5.75 Å². The summed E-state index contributed by atoms with van der Waals surface area (Å²) in [5.74, 6) is -0.253. The summed E-state index contributed by atoms with van der Waals surface area (Å²) in [7, 11) is 0. The number of carbonyl (C=O) groups excluding carboxylic acids is 1. The number of hydrogen-bond donors (Lipinski definition) is 4. The molecule has 6 heteroatoms. The van der Waals surface area contributed by atoms with Crippen molar-refractivity contribution in [1.29, 1.82) is 0 Å². The highest BCUT2D eigenvalue weighted by molar-refractivity contribution is 9.10. The van der Waals surface area contributed by atoms with Gasteiger partial charge in [-0.05, 0) is 55.2 Å². The third-order valence-electron chi connectivity index (χ3n) is 4.12. The Morgan fingerprint density at radius 2 is 2.04 bits per heavy atom. The minimum absolute atomic E-state index is 0.0721. The van der Waals surface area contributed by atoms with Gasteiger partial charge in [-0.15, -0.1) is 0 Å². The van der Waals surface area contributed by atoms with E-state index in [-0.39, 0.29) is 17.6 Å². The van der Waals surface area contributed by atoms with Crippen molar-refractivity contribution in [2.24, 2.45) is 5.92 Å². The van der Waals surface area contributed by atoms with Crippen LogP contribution in [0.15, 0.2) is 59.1 Å². The fourth-order valence-electron chi connectivity index (χ4n) is 2.56. The van der Waals surface area contributed by atoms with Crippen LogP contribution in [0.5, 0.6) is 5.75 Å². The van der Waals surface area contributed by atoms with Crippen molar-refractivity contribution in [3.05, 3.63) is 64.7 Å². The van der Waals surface area contributed by atoms with E-state index in [1.807, 2.05) is 6.92 Å². The van der Waals surface area contributed by atoms with Gasteiger partial charge in [-0.25, -0.2) is 0 Å². The van der Waals surface area contributed by atoms with Gasteiger partial charge >= 0.3 is 0 Å². The van der Waals surface area contributed by atoms with Gasteiger partial charge in [0, 0.05) is 10.0 Å². The Kier molecular flexibility index (Phi) is 7.24. The number of aromatic hydroxyl groups is 1. The number of para-hydroxylation sites is 2. The number of aliphatic hydroxyl groups is 1. The van der Waals surface area contributed by atoms with E-state index in [1.165, 1.54) is 6.08 Å². The third-order valence-corrected chi connectivity index (χ3v) is 4.62. The lowest BCUT2D eigenvalue weighted by Crippen LogP contribution is -2.10. The van der Waals surface area contributed by atoms with E-state index in [0.29, 0.717) is 29.8 Å². The number of rotatable bonds is 7. The van der Waals surface area contributed by atoms with E-state index in [2.05, 4.69) is 21.2 Å². The number of phenolic OH excluding ortho intramolecular Hbond substituents is 1. The molecule has 0 fully saturated rings. The molecule has 0 spiro atoms. The van der Waals surface area contributed by atoms with Crippen LogP contribution in [0.4, 0.5) is 11.4 Å². The maximum Gasteiger partial charge on any atom is 0.248 e. The first-order valence-corrected chi connectivity index (χ1v) is 9.16. The first kappa shape index (κ1) is 20.0. The largest absolute Gasteiger partial charge is 0.508 e. The molecule has 0 heterocycles. The number of halogens is 1. The lowest BCUT2D eigenvalue weighted by Gasteiger charge is -2.19. The first-order valence-electron chi connectivity index (χ1n) is 8.37. The van der Waals surface area contributed by atoms with Crippen LogP contribution in [0, 0.1) is 5.92 Å². The molecule has 2 rings (SSSR count). The molecule has 26 heavy (non-hydrogen) atoms. The number of nitrogen functional groups attached to an aromatic ring is 1. The molecule has 0 aliphatic rings. The molecule has 2 aromatic carbocycles. The maximum absolute atomic E-state index is 11.9. The van der Waals surface area contributed by atoms with E-state index in [1.54, 1.807) is 48.5 Å². The van der Waals surface area contributed by atoms with Gasteiger partial charge < -0.3 is 21.3 Å². The highest BCUT2D eigenvalue weighted by Gasteiger charge is 2.19. The number of carbonyl (C=O) groups is 1. The van der Waals surface area contributed by atoms with E-state index in [9.17, 15) is 15.0 Å². The average Bonchev–Trinajstić information content (AvgIpc) is 2.62. The summed E-state index contributed by atoms with van der Waals surface area (Å²) in [5, 5.41) is 23.1. The van der Waals surface area contributed by atoms with Crippen molar-refractivity contribution in [2.45, 2.75) is 25.9 Å². The van der Waals surface area contributed by atoms with Gasteiger partial charge in [-0.1, -0.05) is 41.1 Å². The second-order valence-corrected chi connectivity index (χ2v) is 7.10. The molecule has 0 aliphatic carbocycles. The van der Waals surface area contributed by atoms with Gasteiger partial charge in [0.05, 0.1) is 17.5 Å². The summed E-state index contributed by atoms with van der Waals surface area (Å²) in [6.45, 7) is 1.91. The zero-order chi connectivity index (χ0) is 19.1. The highest BCUT2D eigenvalue weighted by Crippen LogP contribution is 2.33. The van der Waals surface area contributed by atoms with Crippen molar-refractivity contribution in [2.75, 3.05) is 11.1 Å². The summed E-state index contributed by atoms with van der Waals surface area (Å²) in [6, 6.07) is 12.0. The van der Waals surface area contributed by atoms with E-state index < -0.39 is 6.10 Å². The molecular weight excluding hydrogens is 396 g/mol. The Hall–Kier alpha value is -2.31. The summed E-state index contributed by atoms with van der Waals surface area (Å²) in [5.41, 5.74) is 7.37. The minimum Gasteiger partial charge on any atom is -0.508 e. The Morgan fingerprint density at radius 1 is 1.31 bits per heavy atom. The molecule has 5 nitrogen and oxygen atoms in total. The molecule has 0 aliphatic heterocycles. The van der Waals surface area contributed by atoms with Crippen LogP contribution in [0.1, 0.15) is 31.4 Å². The molecule has 138 valence electrons. The zero-order valence-corrected chi connectivity index (χ0v) is 16.1. The van der Waals surface area contributed by atoms with Crippen molar-refractivity contribution in [1.82, 2.24) is 0 Å². The molecule has 0 saturated carbocycles. The van der Waals surface area contributed by atoms with E-state index in [4.69, 9.17) is 5.73 Å². The van der Waals surface area contributed by atoms with Gasteiger partial charge in [0.15, 0.2) is 0 Å². The van der Waals surface area contributed by atoms with E-state index in [0.717, 1.165) is 4.47 Å². The van der Waals surface area contributed by atoms with E-state index >= 15 is 0 Å². The quantitative estimate of drug-likeness (QED) is 0.396. The predicted octanol–water partition coefficient (Wildman–Crippen LogP) is 4.38. The maximum atomic E-state index is 11.9. The Balaban J connectivity index is 1.84. The minimum atomic E-state index is -0.779. The summed E-state index contributed by atoms with van der Waals surface area (Å²) < 4.78 is 0.799. The van der Waals surface area contributed by atoms with Crippen LogP contribution < -0.4 is 11.1 Å². The number of nitrogens with one attached hydrogen (secondary N) is 1. The second-order valence-electron chi connectivity index (χ2n) is 6.18. The number of benzene rings is 2. The SMILES string of the molecule is C[C@H](CC/C=C/C(=O)Nc1ccccc1N)[C@@H](O)c1cc(Br)ccc1O. The number of aliphatic hydroxyl groups excluding tert-OH is 1. The number of hydrogen-bond acceptors (Lipinski definition) is 4. The Morgan fingerprint density at radius 3 is 2.77 bits per heavy atom. The topological polar surface area (TPSA) is 95.6 Å². The number of anilines is 2.